The number of aromatic nitrogens is 4. The first-order valence-electron chi connectivity index (χ1n) is 11.2. The molecule has 2 aromatic heterocycles. The Morgan fingerprint density at radius 1 is 0.545 bits per heavy atom. The van der Waals surface area contributed by atoms with E-state index in [9.17, 15) is 0 Å². The van der Waals surface area contributed by atoms with Gasteiger partial charge in [0, 0.05) is 22.3 Å². The van der Waals surface area contributed by atoms with Gasteiger partial charge in [-0.1, -0.05) is 50.6 Å². The van der Waals surface area contributed by atoms with Crippen molar-refractivity contribution in [1.82, 2.24) is 20.4 Å². The van der Waals surface area contributed by atoms with E-state index in [1.165, 1.54) is 11.1 Å². The Kier molecular flexibility index (Phi) is 5.81. The molecule has 0 atom stereocenters. The summed E-state index contributed by atoms with van der Waals surface area (Å²) < 4.78 is 11.9. The van der Waals surface area contributed by atoms with Crippen LogP contribution in [0.2, 0.25) is 0 Å². The number of benzene rings is 3. The average molecular weight is 437 g/mol. The molecule has 0 amide bonds. The monoisotopic (exact) mass is 436 g/mol. The van der Waals surface area contributed by atoms with Gasteiger partial charge in [-0.15, -0.1) is 20.4 Å². The van der Waals surface area contributed by atoms with Crippen LogP contribution in [0.4, 0.5) is 0 Å². The van der Waals surface area contributed by atoms with Crippen LogP contribution in [0.3, 0.4) is 0 Å². The maximum Gasteiger partial charge on any atom is 0.248 e. The molecule has 2 heterocycles. The first-order valence-corrected chi connectivity index (χ1v) is 11.2. The van der Waals surface area contributed by atoms with Gasteiger partial charge < -0.3 is 8.83 Å². The molecule has 0 bridgehead atoms. The fourth-order valence-electron chi connectivity index (χ4n) is 3.68. The van der Waals surface area contributed by atoms with Crippen LogP contribution < -0.4 is 0 Å². The molecule has 0 aliphatic rings. The quantitative estimate of drug-likeness (QED) is 0.285. The highest BCUT2D eigenvalue weighted by Crippen LogP contribution is 2.29. The number of hydrogen-bond donors (Lipinski definition) is 0. The van der Waals surface area contributed by atoms with Gasteiger partial charge >= 0.3 is 0 Å². The Labute approximate surface area is 192 Å². The Morgan fingerprint density at radius 2 is 1.00 bits per heavy atom. The van der Waals surface area contributed by atoms with E-state index in [2.05, 4.69) is 58.5 Å². The predicted octanol–water partition coefficient (Wildman–Crippen LogP) is 6.64. The van der Waals surface area contributed by atoms with Crippen LogP contribution >= 0.6 is 0 Å². The van der Waals surface area contributed by atoms with Crippen molar-refractivity contribution in [1.29, 1.82) is 0 Å². The molecule has 0 N–H and O–H groups in total. The van der Waals surface area contributed by atoms with Crippen molar-refractivity contribution in [2.75, 3.05) is 0 Å². The Hall–Kier alpha value is -4.06. The zero-order chi connectivity index (χ0) is 22.6. The molecular weight excluding hydrogens is 412 g/mol. The van der Waals surface area contributed by atoms with Crippen LogP contribution in [-0.4, -0.2) is 20.4 Å². The fraction of sp³-hybridized carbons (Fsp3) is 0.185. The highest BCUT2D eigenvalue weighted by atomic mass is 16.4. The third-order valence-corrected chi connectivity index (χ3v) is 5.56. The zero-order valence-corrected chi connectivity index (χ0v) is 18.7. The smallest absolute Gasteiger partial charge is 0.248 e. The van der Waals surface area contributed by atoms with E-state index in [0.29, 0.717) is 23.6 Å². The van der Waals surface area contributed by atoms with Crippen molar-refractivity contribution < 1.29 is 8.83 Å². The highest BCUT2D eigenvalue weighted by molar-refractivity contribution is 5.66. The molecular formula is C27H24N4O2. The number of hydrogen-bond acceptors (Lipinski definition) is 6. The molecule has 0 fully saturated rings. The molecule has 0 aliphatic heterocycles. The van der Waals surface area contributed by atoms with E-state index in [1.807, 2.05) is 48.5 Å². The van der Waals surface area contributed by atoms with Crippen molar-refractivity contribution in [2.24, 2.45) is 0 Å². The molecule has 6 heteroatoms. The molecule has 0 radical (unpaired) electrons. The van der Waals surface area contributed by atoms with Crippen LogP contribution in [0.1, 0.15) is 31.4 Å². The summed E-state index contributed by atoms with van der Waals surface area (Å²) in [4.78, 5) is 0. The fourth-order valence-corrected chi connectivity index (χ4v) is 3.68. The molecule has 5 rings (SSSR count). The van der Waals surface area contributed by atoms with Crippen LogP contribution in [-0.2, 0) is 12.8 Å². The lowest BCUT2D eigenvalue weighted by molar-refractivity contribution is 0.582. The van der Waals surface area contributed by atoms with Crippen molar-refractivity contribution >= 4 is 0 Å². The van der Waals surface area contributed by atoms with Gasteiger partial charge in [0.1, 0.15) is 0 Å². The summed E-state index contributed by atoms with van der Waals surface area (Å²) in [5.74, 6) is 1.87. The van der Waals surface area contributed by atoms with E-state index < -0.39 is 0 Å². The van der Waals surface area contributed by atoms with Gasteiger partial charge in [0.25, 0.3) is 0 Å². The minimum absolute atomic E-state index is 0.442. The number of rotatable bonds is 7. The summed E-state index contributed by atoms with van der Waals surface area (Å²) in [7, 11) is 0. The van der Waals surface area contributed by atoms with Crippen molar-refractivity contribution in [3.63, 3.8) is 0 Å². The second kappa shape index (κ2) is 9.20. The van der Waals surface area contributed by atoms with E-state index in [4.69, 9.17) is 8.83 Å². The molecule has 33 heavy (non-hydrogen) atoms. The Morgan fingerprint density at radius 3 is 1.45 bits per heavy atom. The first kappa shape index (κ1) is 20.8. The Bertz CT molecular complexity index is 1350. The van der Waals surface area contributed by atoms with Gasteiger partial charge in [0.15, 0.2) is 0 Å². The van der Waals surface area contributed by atoms with E-state index in [0.717, 1.165) is 41.5 Å². The van der Waals surface area contributed by atoms with Gasteiger partial charge in [-0.2, -0.15) is 0 Å². The van der Waals surface area contributed by atoms with Gasteiger partial charge in [0.2, 0.25) is 23.6 Å². The maximum atomic E-state index is 5.95. The third kappa shape index (κ3) is 4.46. The SMILES string of the molecule is CCCc1ccc(-c2nnc(-c3cccc(-c4nnc(-c5ccc(CC)cc5)o4)c3)o2)cc1. The van der Waals surface area contributed by atoms with Gasteiger partial charge in [-0.05, 0) is 66.4 Å². The third-order valence-electron chi connectivity index (χ3n) is 5.56. The van der Waals surface area contributed by atoms with E-state index in [-0.39, 0.29) is 0 Å². The molecule has 0 saturated heterocycles. The minimum atomic E-state index is 0.442. The second-order valence-corrected chi connectivity index (χ2v) is 7.90. The summed E-state index contributed by atoms with van der Waals surface area (Å²) >= 11 is 0. The lowest BCUT2D eigenvalue weighted by atomic mass is 10.1. The lowest BCUT2D eigenvalue weighted by Gasteiger charge is -2.00. The van der Waals surface area contributed by atoms with Crippen molar-refractivity contribution in [3.05, 3.63) is 83.9 Å². The summed E-state index contributed by atoms with van der Waals surface area (Å²) in [5.41, 5.74) is 5.95. The molecule has 0 spiro atoms. The molecule has 0 aliphatic carbocycles. The first-order chi connectivity index (χ1) is 16.2. The van der Waals surface area contributed by atoms with Crippen molar-refractivity contribution in [2.45, 2.75) is 33.1 Å². The summed E-state index contributed by atoms with van der Waals surface area (Å²) in [6, 6.07) is 24.1. The molecule has 6 nitrogen and oxygen atoms in total. The van der Waals surface area contributed by atoms with Crippen LogP contribution in [0.25, 0.3) is 45.8 Å². The average Bonchev–Trinajstić information content (AvgIpc) is 3.56. The lowest BCUT2D eigenvalue weighted by Crippen LogP contribution is -1.83. The number of nitrogens with zero attached hydrogens (tertiary/aromatic N) is 4. The zero-order valence-electron chi connectivity index (χ0n) is 18.7. The van der Waals surface area contributed by atoms with E-state index >= 15 is 0 Å². The molecule has 0 saturated carbocycles. The van der Waals surface area contributed by atoms with Crippen LogP contribution in [0.5, 0.6) is 0 Å². The Balaban J connectivity index is 1.38. The topological polar surface area (TPSA) is 77.8 Å². The number of aryl methyl sites for hydroxylation is 2. The summed E-state index contributed by atoms with van der Waals surface area (Å²) in [6.45, 7) is 4.30. The molecule has 3 aromatic carbocycles. The molecule has 0 unspecified atom stereocenters. The van der Waals surface area contributed by atoms with Gasteiger partial charge in [0.05, 0.1) is 0 Å². The molecule has 5 aromatic rings. The van der Waals surface area contributed by atoms with Crippen molar-refractivity contribution in [3.8, 4) is 45.8 Å². The predicted molar refractivity (Wildman–Crippen MR) is 127 cm³/mol. The highest BCUT2D eigenvalue weighted by Gasteiger charge is 2.14. The molecule has 164 valence electrons. The van der Waals surface area contributed by atoms with Crippen LogP contribution in [0, 0.1) is 0 Å². The van der Waals surface area contributed by atoms with Gasteiger partial charge in [-0.3, -0.25) is 0 Å². The normalized spacial score (nSPS) is 11.1. The maximum absolute atomic E-state index is 5.95. The second-order valence-electron chi connectivity index (χ2n) is 7.90. The summed E-state index contributed by atoms with van der Waals surface area (Å²) in [6.07, 6.45) is 3.17. The minimum Gasteiger partial charge on any atom is -0.416 e. The summed E-state index contributed by atoms with van der Waals surface area (Å²) in [5, 5.41) is 16.9. The standard InChI is InChI=1S/C27H24N4O2/c1-3-6-19-11-15-21(16-12-19)25-29-31-27(33-25)23-8-5-7-22(17-23)26-30-28-24(32-26)20-13-9-18(4-2)10-14-20/h5,7-17H,3-4,6H2,1-2H3. The van der Waals surface area contributed by atoms with E-state index in [1.54, 1.807) is 0 Å². The van der Waals surface area contributed by atoms with Crippen LogP contribution in [0.15, 0.2) is 81.6 Å². The largest absolute Gasteiger partial charge is 0.416 e. The van der Waals surface area contributed by atoms with Gasteiger partial charge in [-0.25, -0.2) is 0 Å².